The number of aryl methyl sites for hydroxylation is 1. The highest BCUT2D eigenvalue weighted by molar-refractivity contribution is 14.1. The Bertz CT molecular complexity index is 4660. The first-order valence-corrected chi connectivity index (χ1v) is 37.1. The zero-order chi connectivity index (χ0) is 77.4. The normalized spacial score (nSPS) is 17.9. The molecule has 8 aromatic rings. The van der Waals surface area contributed by atoms with E-state index in [-0.39, 0.29) is 87.0 Å². The summed E-state index contributed by atoms with van der Waals surface area (Å²) in [5.74, 6) is 11.9. The van der Waals surface area contributed by atoms with Crippen LogP contribution in [0, 0.1) is 54.8 Å². The van der Waals surface area contributed by atoms with Gasteiger partial charge in [0.1, 0.15) is 12.5 Å². The number of nitriles is 1. The molecule has 10 rings (SSSR count). The molecule has 8 heterocycles. The van der Waals surface area contributed by atoms with Crippen molar-refractivity contribution < 1.29 is 48.8 Å². The van der Waals surface area contributed by atoms with Crippen LogP contribution in [-0.4, -0.2) is 142 Å². The van der Waals surface area contributed by atoms with Crippen LogP contribution in [0.4, 0.5) is 17.8 Å². The van der Waals surface area contributed by atoms with Gasteiger partial charge in [-0.2, -0.15) is 20.2 Å². The molecule has 0 saturated carbocycles. The van der Waals surface area contributed by atoms with E-state index in [2.05, 4.69) is 131 Å². The number of aromatic amines is 3. The van der Waals surface area contributed by atoms with E-state index >= 15 is 0 Å². The number of aliphatic hydroxyl groups excluding tert-OH is 4. The molecule has 564 valence electrons. The van der Waals surface area contributed by atoms with E-state index in [0.717, 1.165) is 21.1 Å². The Kier molecular flexibility index (Phi) is 29.7. The Hall–Kier alpha value is -8.44. The van der Waals surface area contributed by atoms with Crippen molar-refractivity contribution >= 4 is 100 Å². The van der Waals surface area contributed by atoms with Crippen molar-refractivity contribution in [3.05, 3.63) is 136 Å². The lowest BCUT2D eigenvalue weighted by atomic mass is 9.96. The minimum atomic E-state index is -0.850. The fraction of sp³-hybridized carbons (Fsp3) is 0.500. The highest BCUT2D eigenvalue weighted by Crippen LogP contribution is 2.40. The quantitative estimate of drug-likeness (QED) is 0.0217. The molecule has 29 heteroatoms. The molecule has 0 aliphatic carbocycles. The Morgan fingerprint density at radius 3 is 1.45 bits per heavy atom. The number of aliphatic hydroxyl groups is 4. The van der Waals surface area contributed by atoms with Crippen molar-refractivity contribution in [1.29, 1.82) is 5.26 Å². The summed E-state index contributed by atoms with van der Waals surface area (Å²) in [7, 11) is 0.216. The van der Waals surface area contributed by atoms with E-state index in [0.29, 0.717) is 95.0 Å². The van der Waals surface area contributed by atoms with Gasteiger partial charge in [0.15, 0.2) is 16.9 Å². The maximum Gasteiger partial charge on any atom is 0.263 e. The predicted molar refractivity (Wildman–Crippen MR) is 416 cm³/mol. The Labute approximate surface area is 627 Å². The van der Waals surface area contributed by atoms with Crippen LogP contribution < -0.4 is 32.6 Å². The van der Waals surface area contributed by atoms with Crippen LogP contribution >= 0.6 is 31.5 Å². The topological polar surface area (TPSA) is 375 Å². The highest BCUT2D eigenvalue weighted by atomic mass is 127. The van der Waals surface area contributed by atoms with Crippen LogP contribution in [0.15, 0.2) is 93.6 Å². The van der Waals surface area contributed by atoms with Gasteiger partial charge in [-0.15, -0.1) is 0 Å². The van der Waals surface area contributed by atoms with Gasteiger partial charge in [0.25, 0.3) is 16.7 Å². The Morgan fingerprint density at radius 1 is 0.648 bits per heavy atom. The van der Waals surface area contributed by atoms with Gasteiger partial charge in [-0.3, -0.25) is 64.3 Å². The maximum absolute atomic E-state index is 13.4. The maximum atomic E-state index is 13.4. The Balaban J connectivity index is 0.000000218. The van der Waals surface area contributed by atoms with Crippen molar-refractivity contribution in [2.24, 2.45) is 16.2 Å². The van der Waals surface area contributed by atoms with Gasteiger partial charge in [0, 0.05) is 81.0 Å². The number of ether oxygens (including phenoxy) is 2. The van der Waals surface area contributed by atoms with Crippen LogP contribution in [0.1, 0.15) is 190 Å². The van der Waals surface area contributed by atoms with Crippen LogP contribution in [0.5, 0.6) is 0 Å². The van der Waals surface area contributed by atoms with Gasteiger partial charge in [-0.1, -0.05) is 143 Å². The number of hydrogen-bond acceptors (Lipinski definition) is 18. The molecule has 0 spiro atoms. The lowest BCUT2D eigenvalue weighted by Gasteiger charge is -2.31. The number of H-pyrrole nitrogens is 3. The van der Waals surface area contributed by atoms with E-state index in [1.807, 2.05) is 78.4 Å². The zero-order valence-electron chi connectivity index (χ0n) is 62.6. The molecule has 0 radical (unpaired) electrons. The van der Waals surface area contributed by atoms with Crippen LogP contribution in [0.3, 0.4) is 0 Å². The van der Waals surface area contributed by atoms with Gasteiger partial charge in [-0.05, 0) is 100 Å². The van der Waals surface area contributed by atoms with E-state index < -0.39 is 52.6 Å². The van der Waals surface area contributed by atoms with Gasteiger partial charge in [-0.25, -0.2) is 0 Å². The summed E-state index contributed by atoms with van der Waals surface area (Å²) in [6, 6.07) is 21.6. The molecular formula is C76H100IN14O13P. The SMILES string of the molecule is CC[C@@H](O)[C@H](O)CCn1cc(I)c2c(=O)[nH]c(NC(=O)C(C)(C)C)nc21.CC[C@H]1O[C@@H](n2cc(C#Cc3ccccc3)c3c(=O)[nH]c(NC(=O)C(C)(C)C)nc32)C[C@H]1O.CC[C@H]1O[C@@H](n2cc(C#Cc3ccccc3)c3c(=O)[nH]c(NC(=O)C(C)(C)C)nc32)C[C@H]1OPN(C(C)C)C(C)C.N#CCCO. The molecule has 6 aromatic heterocycles. The fourth-order valence-electron chi connectivity index (χ4n) is 11.0. The summed E-state index contributed by atoms with van der Waals surface area (Å²) in [5.41, 5.74) is 0.810. The number of amides is 3. The molecule has 2 aromatic carbocycles. The number of benzene rings is 2. The van der Waals surface area contributed by atoms with Crippen LogP contribution in [-0.2, 0) is 34.9 Å². The monoisotopic (exact) mass is 1570 g/mol. The first-order chi connectivity index (χ1) is 49.5. The molecular weight excluding hydrogens is 1470 g/mol. The lowest BCUT2D eigenvalue weighted by molar-refractivity contribution is -0.123. The van der Waals surface area contributed by atoms with Gasteiger partial charge in [0.05, 0.1) is 92.0 Å². The third-order valence-corrected chi connectivity index (χ3v) is 19.5. The molecule has 2 aliphatic heterocycles. The minimum Gasteiger partial charge on any atom is -0.395 e. The average molecular weight is 1580 g/mol. The third kappa shape index (κ3) is 22.3. The molecule has 9 atom stereocenters. The average Bonchev–Trinajstić information content (AvgIpc) is 1.62. The van der Waals surface area contributed by atoms with Gasteiger partial charge < -0.3 is 48.1 Å². The van der Waals surface area contributed by atoms with Crippen molar-refractivity contribution in [3.8, 4) is 29.8 Å². The summed E-state index contributed by atoms with van der Waals surface area (Å²) in [5, 5.41) is 54.7. The van der Waals surface area contributed by atoms with Crippen molar-refractivity contribution in [3.63, 3.8) is 0 Å². The molecule has 2 saturated heterocycles. The number of hydrogen-bond donors (Lipinski definition) is 10. The second-order valence-corrected chi connectivity index (χ2v) is 31.3. The molecule has 2 fully saturated rings. The number of rotatable bonds is 18. The van der Waals surface area contributed by atoms with Gasteiger partial charge >= 0.3 is 0 Å². The second-order valence-electron chi connectivity index (χ2n) is 29.2. The van der Waals surface area contributed by atoms with Gasteiger partial charge in [0.2, 0.25) is 35.6 Å². The van der Waals surface area contributed by atoms with E-state index in [4.69, 9.17) is 24.4 Å². The molecule has 27 nitrogen and oxygen atoms in total. The number of nitrogens with zero attached hydrogens (tertiary/aromatic N) is 8. The summed E-state index contributed by atoms with van der Waals surface area (Å²) in [4.78, 5) is 97.7. The standard InChI is InChI=1S/C31H42N5O4P.C25H28N4O4.C17H25IN4O4.C3H5NO/c1-9-23-24(40-41-36(19(2)3)20(4)5)17-25(39-23)35-18-22(16-15-21-13-11-10-12-14-21)26-27(35)32-30(33-28(26)37)34-29(38)31(6,7)8;1-5-18-17(30)13-19(33-18)29-14-16(12-11-15-9-7-6-8-10-15)20-21(29)26-24(27-22(20)31)28-23(32)25(2,3)4;1-5-10(23)11(24)6-7-22-8-9(18)12-13(22)19-16(20-14(12)25)21-15(26)17(2,3)4;4-2-1-3-5/h10-14,18-20,23-25,41H,9,17H2,1-8H3,(H2,32,33,34,37,38);6-10,14,17-19,30H,5,13H2,1-4H3,(H2,26,27,28,31,32);8,10-11,23-24H,5-7H2,1-4H3,(H2,19,20,21,25,26);5H,1,3H2/t23-,24-,25-;17-,18-,19-;10-,11-;/m111./s1. The zero-order valence-corrected chi connectivity index (χ0v) is 65.7. The minimum absolute atomic E-state index is 0.0174. The second kappa shape index (κ2) is 37.2. The van der Waals surface area contributed by atoms with E-state index in [9.17, 15) is 44.1 Å². The van der Waals surface area contributed by atoms with Crippen LogP contribution in [0.25, 0.3) is 33.1 Å². The van der Waals surface area contributed by atoms with Crippen molar-refractivity contribution in [1.82, 2.24) is 48.3 Å². The van der Waals surface area contributed by atoms with Crippen molar-refractivity contribution in [2.45, 2.75) is 223 Å². The molecule has 2 aliphatic rings. The third-order valence-electron chi connectivity index (χ3n) is 17.0. The number of halogens is 1. The molecule has 10 N–H and O–H groups in total. The largest absolute Gasteiger partial charge is 0.395 e. The lowest BCUT2D eigenvalue weighted by Crippen LogP contribution is -2.31. The molecule has 1 unspecified atom stereocenters. The number of carbonyl (C=O) groups excluding carboxylic acids is 3. The highest BCUT2D eigenvalue weighted by Gasteiger charge is 2.39. The summed E-state index contributed by atoms with van der Waals surface area (Å²) in [6.45, 7) is 30.9. The number of aromatic nitrogens is 9. The summed E-state index contributed by atoms with van der Waals surface area (Å²) < 4.78 is 27.4. The molecule has 0 bridgehead atoms. The van der Waals surface area contributed by atoms with Crippen LogP contribution in [0.2, 0.25) is 0 Å². The van der Waals surface area contributed by atoms with E-state index in [1.54, 1.807) is 96.8 Å². The molecule has 105 heavy (non-hydrogen) atoms. The molecule has 3 amide bonds. The van der Waals surface area contributed by atoms with E-state index in [1.165, 1.54) is 0 Å². The number of anilines is 3. The number of carbonyl (C=O) groups is 3. The number of fused-ring (bicyclic) bond motifs is 3. The smallest absolute Gasteiger partial charge is 0.263 e. The summed E-state index contributed by atoms with van der Waals surface area (Å²) >= 11 is 2.05. The first-order valence-electron chi connectivity index (χ1n) is 35.2. The Morgan fingerprint density at radius 2 is 1.07 bits per heavy atom. The fourth-order valence-corrected chi connectivity index (χ4v) is 12.7. The van der Waals surface area contributed by atoms with Crippen molar-refractivity contribution in [2.75, 3.05) is 22.6 Å². The first kappa shape index (κ1) is 83.8. The summed E-state index contributed by atoms with van der Waals surface area (Å²) in [6.07, 6.45) is 5.13. The number of nitrogens with one attached hydrogen (secondary N) is 6. The predicted octanol–water partition coefficient (Wildman–Crippen LogP) is 10.7.